The van der Waals surface area contributed by atoms with Gasteiger partial charge in [-0.25, -0.2) is 9.59 Å². The van der Waals surface area contributed by atoms with E-state index < -0.39 is 22.0 Å². The Bertz CT molecular complexity index is 521. The minimum absolute atomic E-state index is 0.00341. The maximum absolute atomic E-state index is 11.2. The van der Waals surface area contributed by atoms with Gasteiger partial charge in [0.25, 0.3) is 0 Å². The largest absolute Gasteiger partial charge is 0.478 e. The number of alkyl halides is 2. The zero-order valence-corrected chi connectivity index (χ0v) is 11.9. The van der Waals surface area contributed by atoms with Crippen LogP contribution < -0.4 is 9.64 Å². The minimum Gasteiger partial charge on any atom is -0.478 e. The number of carboxylic acids is 1. The van der Waals surface area contributed by atoms with Crippen molar-refractivity contribution in [3.8, 4) is 5.75 Å². The van der Waals surface area contributed by atoms with Gasteiger partial charge in [-0.15, -0.1) is 0 Å². The van der Waals surface area contributed by atoms with Gasteiger partial charge in [-0.2, -0.15) is 0 Å². The van der Waals surface area contributed by atoms with Gasteiger partial charge < -0.3 is 14.9 Å². The van der Waals surface area contributed by atoms with E-state index >= 15 is 0 Å². The van der Waals surface area contributed by atoms with Gasteiger partial charge in [-0.3, -0.25) is 4.90 Å². The van der Waals surface area contributed by atoms with Crippen LogP contribution in [0.1, 0.15) is 10.4 Å². The molecule has 1 aliphatic rings. The van der Waals surface area contributed by atoms with E-state index in [0.29, 0.717) is 5.75 Å². The second kappa shape index (κ2) is 4.77. The number of rotatable bonds is 1. The zero-order valence-electron chi connectivity index (χ0n) is 8.71. The third kappa shape index (κ3) is 2.17. The van der Waals surface area contributed by atoms with Crippen molar-refractivity contribution in [2.24, 2.45) is 0 Å². The molecule has 18 heavy (non-hydrogen) atoms. The molecule has 1 aromatic rings. The molecule has 0 aromatic heterocycles. The maximum Gasteiger partial charge on any atom is 0.413 e. The van der Waals surface area contributed by atoms with Crippen LogP contribution in [0.4, 0.5) is 10.5 Å². The molecule has 2 unspecified atom stereocenters. The van der Waals surface area contributed by atoms with Gasteiger partial charge in [-0.1, -0.05) is 15.9 Å². The molecular weight excluding hydrogens is 374 g/mol. The first-order chi connectivity index (χ1) is 8.41. The number of halogens is 2. The molecule has 2 atom stereocenters. The van der Waals surface area contributed by atoms with E-state index in [1.54, 1.807) is 0 Å². The molecule has 2 rings (SSSR count). The van der Waals surface area contributed by atoms with Gasteiger partial charge in [0.2, 0.25) is 0 Å². The highest BCUT2D eigenvalue weighted by molar-refractivity contribution is 9.12. The van der Waals surface area contributed by atoms with Crippen LogP contribution in [0.5, 0.6) is 5.75 Å². The number of hydrogen-bond acceptors (Lipinski definition) is 3. The molecule has 2 N–H and O–H groups in total. The van der Waals surface area contributed by atoms with Crippen molar-refractivity contribution < 1.29 is 24.5 Å². The molecule has 0 saturated carbocycles. The Morgan fingerprint density at radius 3 is 2.50 bits per heavy atom. The van der Waals surface area contributed by atoms with Gasteiger partial charge in [0.05, 0.1) is 11.3 Å². The van der Waals surface area contributed by atoms with Gasteiger partial charge in [0.15, 0.2) is 5.01 Å². The highest BCUT2D eigenvalue weighted by atomic mass is 79.9. The lowest BCUT2D eigenvalue weighted by Gasteiger charge is -2.35. The number of fused-ring (bicyclic) bond motifs is 1. The molecule has 1 aliphatic heterocycles. The van der Waals surface area contributed by atoms with Crippen molar-refractivity contribution in [3.63, 3.8) is 0 Å². The van der Waals surface area contributed by atoms with Gasteiger partial charge >= 0.3 is 12.1 Å². The number of carboxylic acid groups (broad SMARTS) is 2. The van der Waals surface area contributed by atoms with E-state index in [4.69, 9.17) is 9.84 Å². The van der Waals surface area contributed by atoms with Crippen molar-refractivity contribution in [2.45, 2.75) is 9.96 Å². The Balaban J connectivity index is 2.55. The summed E-state index contributed by atoms with van der Waals surface area (Å²) in [7, 11) is 0. The molecule has 96 valence electrons. The van der Waals surface area contributed by atoms with Crippen molar-refractivity contribution in [3.05, 3.63) is 23.8 Å². The molecule has 0 fully saturated rings. The third-order valence-electron chi connectivity index (χ3n) is 2.37. The summed E-state index contributed by atoms with van der Waals surface area (Å²) in [5.74, 6) is -0.824. The first kappa shape index (κ1) is 13.2. The number of anilines is 1. The third-order valence-corrected chi connectivity index (χ3v) is 4.66. The summed E-state index contributed by atoms with van der Waals surface area (Å²) in [6.45, 7) is 0. The number of carbonyl (C=O) groups is 2. The van der Waals surface area contributed by atoms with Crippen LogP contribution in [-0.4, -0.2) is 32.2 Å². The summed E-state index contributed by atoms with van der Waals surface area (Å²) in [5, 5.41) is 17.5. The molecule has 0 spiro atoms. The van der Waals surface area contributed by atoms with Crippen molar-refractivity contribution in [2.75, 3.05) is 4.90 Å². The molecule has 0 bridgehead atoms. The van der Waals surface area contributed by atoms with Crippen LogP contribution in [0.15, 0.2) is 18.2 Å². The van der Waals surface area contributed by atoms with E-state index in [-0.39, 0.29) is 11.3 Å². The predicted molar refractivity (Wildman–Crippen MR) is 70.0 cm³/mol. The van der Waals surface area contributed by atoms with Gasteiger partial charge in [-0.05, 0) is 34.1 Å². The number of amides is 1. The number of aromatic carboxylic acids is 1. The number of nitrogens with zero attached hydrogens (tertiary/aromatic N) is 1. The average Bonchev–Trinajstić information content (AvgIpc) is 2.29. The lowest BCUT2D eigenvalue weighted by Crippen LogP contribution is -2.46. The van der Waals surface area contributed by atoms with Crippen molar-refractivity contribution in [1.29, 1.82) is 0 Å². The molecule has 0 aliphatic carbocycles. The molecule has 0 radical (unpaired) electrons. The quantitative estimate of drug-likeness (QED) is 0.577. The fourth-order valence-corrected chi connectivity index (χ4v) is 2.52. The molecule has 1 heterocycles. The second-order valence-electron chi connectivity index (χ2n) is 3.48. The number of ether oxygens (including phenoxy) is 1. The van der Waals surface area contributed by atoms with Crippen molar-refractivity contribution in [1.82, 2.24) is 0 Å². The van der Waals surface area contributed by atoms with E-state index in [9.17, 15) is 14.7 Å². The molecule has 1 aromatic carbocycles. The van der Waals surface area contributed by atoms with Crippen LogP contribution in [0.2, 0.25) is 0 Å². The van der Waals surface area contributed by atoms with Crippen LogP contribution in [0.25, 0.3) is 0 Å². The zero-order chi connectivity index (χ0) is 13.4. The van der Waals surface area contributed by atoms with Crippen LogP contribution in [0, 0.1) is 0 Å². The van der Waals surface area contributed by atoms with E-state index in [0.717, 1.165) is 4.90 Å². The summed E-state index contributed by atoms with van der Waals surface area (Å²) in [5.41, 5.74) is 0.191. The smallest absolute Gasteiger partial charge is 0.413 e. The monoisotopic (exact) mass is 379 g/mol. The van der Waals surface area contributed by atoms with Gasteiger partial charge in [0.1, 0.15) is 10.7 Å². The predicted octanol–water partition coefficient (Wildman–Crippen LogP) is 2.70. The SMILES string of the molecule is O=C(O)c1ccc2c(c1)N(C(=O)O)C(Br)C(Br)O2. The van der Waals surface area contributed by atoms with Gasteiger partial charge in [0, 0.05) is 0 Å². The summed E-state index contributed by atoms with van der Waals surface area (Å²) in [4.78, 5) is 22.5. The number of benzene rings is 1. The molecule has 6 nitrogen and oxygen atoms in total. The summed E-state index contributed by atoms with van der Waals surface area (Å²) < 4.78 is 5.43. The fraction of sp³-hybridized carbons (Fsp3) is 0.200. The highest BCUT2D eigenvalue weighted by Gasteiger charge is 2.37. The molecular formula is C10H7Br2NO5. The fourth-order valence-electron chi connectivity index (χ4n) is 1.57. The molecule has 1 amide bonds. The minimum atomic E-state index is -1.20. The topological polar surface area (TPSA) is 87.1 Å². The second-order valence-corrected chi connectivity index (χ2v) is 5.32. The van der Waals surface area contributed by atoms with Crippen LogP contribution in [0.3, 0.4) is 0 Å². The Morgan fingerprint density at radius 1 is 1.28 bits per heavy atom. The molecule has 0 saturated heterocycles. The van der Waals surface area contributed by atoms with Crippen LogP contribution >= 0.6 is 31.9 Å². The Kier molecular flexibility index (Phi) is 3.49. The summed E-state index contributed by atoms with van der Waals surface area (Å²) >= 11 is 6.37. The normalized spacial score (nSPS) is 22.0. The summed E-state index contributed by atoms with van der Waals surface area (Å²) in [6.07, 6.45) is -1.20. The summed E-state index contributed by atoms with van der Waals surface area (Å²) in [6, 6.07) is 4.05. The lowest BCUT2D eigenvalue weighted by molar-refractivity contribution is 0.0696. The Labute approximate surface area is 118 Å². The maximum atomic E-state index is 11.2. The first-order valence-corrected chi connectivity index (χ1v) is 6.59. The Morgan fingerprint density at radius 2 is 1.94 bits per heavy atom. The lowest BCUT2D eigenvalue weighted by atomic mass is 10.1. The Hall–Kier alpha value is -1.28. The standard InChI is InChI=1S/C10H7Br2NO5/c11-7-8(12)18-6-2-1-4(9(14)15)3-5(6)13(7)10(16)17/h1-3,7-8H,(H,14,15)(H,16,17). The van der Waals surface area contributed by atoms with E-state index in [2.05, 4.69) is 31.9 Å². The number of hydrogen-bond donors (Lipinski definition) is 2. The van der Waals surface area contributed by atoms with Crippen molar-refractivity contribution >= 4 is 49.6 Å². The van der Waals surface area contributed by atoms with E-state index in [1.807, 2.05) is 0 Å². The van der Waals surface area contributed by atoms with Crippen LogP contribution in [-0.2, 0) is 0 Å². The molecule has 8 heteroatoms. The van der Waals surface area contributed by atoms with E-state index in [1.165, 1.54) is 18.2 Å². The average molecular weight is 381 g/mol. The highest BCUT2D eigenvalue weighted by Crippen LogP contribution is 2.40. The first-order valence-electron chi connectivity index (χ1n) is 4.76.